The van der Waals surface area contributed by atoms with Crippen molar-refractivity contribution in [1.29, 1.82) is 0 Å². The van der Waals surface area contributed by atoms with E-state index < -0.39 is 10.0 Å². The fraction of sp³-hybridized carbons (Fsp3) is 0.158. The summed E-state index contributed by atoms with van der Waals surface area (Å²) in [5.74, 6) is 2.21. The Labute approximate surface area is 310 Å². The number of rotatable bonds is 5. The van der Waals surface area contributed by atoms with E-state index in [4.69, 9.17) is 39.9 Å². The van der Waals surface area contributed by atoms with E-state index in [2.05, 4.69) is 4.72 Å². The summed E-state index contributed by atoms with van der Waals surface area (Å²) < 4.78 is 23.5. The first-order chi connectivity index (χ1) is 24.7. The van der Waals surface area contributed by atoms with E-state index in [0.29, 0.717) is 52.4 Å². The van der Waals surface area contributed by atoms with Crippen molar-refractivity contribution in [3.8, 4) is 45.6 Å². The molecular formula is C38H32CuN10O2S. The van der Waals surface area contributed by atoms with Crippen LogP contribution in [0.25, 0.3) is 89.7 Å². The van der Waals surface area contributed by atoms with Crippen LogP contribution in [0.5, 0.6) is 0 Å². The molecule has 0 atom stereocenters. The number of aromatic nitrogens is 8. The fourth-order valence-electron chi connectivity index (χ4n) is 6.11. The Kier molecular flexibility index (Phi) is 9.66. The van der Waals surface area contributed by atoms with Crippen molar-refractivity contribution in [2.45, 2.75) is 6.42 Å². The predicted octanol–water partition coefficient (Wildman–Crippen LogP) is 5.61. The minimum atomic E-state index is -2.99. The van der Waals surface area contributed by atoms with Gasteiger partial charge in [0.15, 0.2) is 0 Å². The van der Waals surface area contributed by atoms with Crippen molar-refractivity contribution in [3.63, 3.8) is 0 Å². The number of benzene rings is 4. The van der Waals surface area contributed by atoms with E-state index in [1.165, 1.54) is 6.26 Å². The second kappa shape index (κ2) is 14.3. The summed E-state index contributed by atoms with van der Waals surface area (Å²) in [4.78, 5) is 41.3. The molecule has 0 unspecified atom stereocenters. The van der Waals surface area contributed by atoms with E-state index >= 15 is 0 Å². The Hall–Kier alpha value is -5.37. The number of fused-ring (bicyclic) bond motifs is 20. The summed E-state index contributed by atoms with van der Waals surface area (Å²) in [6.07, 6.45) is 2.02. The molecule has 9 rings (SSSR count). The summed E-state index contributed by atoms with van der Waals surface area (Å²) in [5.41, 5.74) is 5.78. The SMILES string of the molecule is CN(C)CCCNS(C)(=O)=O.[Cu+2].c1ccc2c(c1)-c1nc-2nc2[n-]c(nc3nc(nc4[n-]c(n1)c1ccccc41)-c1ccccc1-3)c1ccccc21. The van der Waals surface area contributed by atoms with Gasteiger partial charge in [-0.1, -0.05) is 97.1 Å². The van der Waals surface area contributed by atoms with Crippen molar-refractivity contribution in [3.05, 3.63) is 97.1 Å². The Balaban J connectivity index is 0.000000308. The largest absolute Gasteiger partial charge is 2.00 e. The molecule has 52 heavy (non-hydrogen) atoms. The Bertz CT molecular complexity index is 2420. The van der Waals surface area contributed by atoms with Gasteiger partial charge < -0.3 is 34.8 Å². The molecule has 263 valence electrons. The summed E-state index contributed by atoms with van der Waals surface area (Å²) in [7, 11) is 0.927. The maximum absolute atomic E-state index is 10.6. The van der Waals surface area contributed by atoms with Crippen LogP contribution in [0.15, 0.2) is 97.1 Å². The minimum absolute atomic E-state index is 0. The molecule has 2 aliphatic heterocycles. The van der Waals surface area contributed by atoms with Crippen molar-refractivity contribution < 1.29 is 25.5 Å². The Morgan fingerprint density at radius 1 is 0.538 bits per heavy atom. The number of hydrogen-bond donors (Lipinski definition) is 1. The van der Waals surface area contributed by atoms with Gasteiger partial charge in [-0.2, -0.15) is 0 Å². The van der Waals surface area contributed by atoms with Gasteiger partial charge in [0.2, 0.25) is 10.0 Å². The van der Waals surface area contributed by atoms with E-state index in [0.717, 1.165) is 56.8 Å². The monoisotopic (exact) mass is 755 g/mol. The molecule has 0 fully saturated rings. The maximum atomic E-state index is 10.6. The zero-order valence-corrected chi connectivity index (χ0v) is 30.2. The molecule has 0 aliphatic carbocycles. The van der Waals surface area contributed by atoms with Gasteiger partial charge in [-0.05, 0) is 48.6 Å². The van der Waals surface area contributed by atoms with Gasteiger partial charge in [-0.15, -0.1) is 0 Å². The second-order valence-corrected chi connectivity index (χ2v) is 14.3. The van der Waals surface area contributed by atoms with Crippen molar-refractivity contribution in [1.82, 2.24) is 49.5 Å². The van der Waals surface area contributed by atoms with Gasteiger partial charge in [-0.25, -0.2) is 23.1 Å². The smallest absolute Gasteiger partial charge is 0.357 e. The zero-order chi connectivity index (χ0) is 35.1. The number of sulfonamides is 1. The first-order valence-corrected chi connectivity index (χ1v) is 18.3. The topological polar surface area (TPSA) is 155 Å². The molecule has 3 aromatic heterocycles. The minimum Gasteiger partial charge on any atom is -0.357 e. The van der Waals surface area contributed by atoms with Gasteiger partial charge in [0.25, 0.3) is 0 Å². The molecule has 7 aromatic rings. The summed E-state index contributed by atoms with van der Waals surface area (Å²) in [5, 5.41) is 3.57. The molecule has 1 radical (unpaired) electrons. The van der Waals surface area contributed by atoms with Gasteiger partial charge in [0.1, 0.15) is 0 Å². The predicted molar refractivity (Wildman–Crippen MR) is 200 cm³/mol. The van der Waals surface area contributed by atoms with Crippen LogP contribution in [0.3, 0.4) is 0 Å². The standard InChI is InChI=1S/C32H16N8.C6H16N2O2S.Cu/c1-2-10-18-17(9-1)25-33-26(18)38-28-21-13-5-6-14-22(21)30(35-28)40-32-24-16-8-7-15-23(24)31(36-32)39-29-20-12-4-3-11-19(20)27(34-29)37-25;1-8(2)6-4-5-7-11(3,9)10;/h1-16H;7H,4-6H2,1-3H3;/q-2;;+2. The molecule has 5 heterocycles. The first-order valence-electron chi connectivity index (χ1n) is 16.4. The molecule has 0 saturated heterocycles. The molecule has 1 N–H and O–H groups in total. The summed E-state index contributed by atoms with van der Waals surface area (Å²) in [6.45, 7) is 1.43. The quantitative estimate of drug-likeness (QED) is 0.172. The number of nitrogens with zero attached hydrogens (tertiary/aromatic N) is 9. The van der Waals surface area contributed by atoms with E-state index in [1.807, 2.05) is 116 Å². The van der Waals surface area contributed by atoms with Crippen LogP contribution >= 0.6 is 0 Å². The molecule has 8 bridgehead atoms. The van der Waals surface area contributed by atoms with Crippen LogP contribution in [0.1, 0.15) is 6.42 Å². The van der Waals surface area contributed by atoms with Gasteiger partial charge >= 0.3 is 17.1 Å². The van der Waals surface area contributed by atoms with Gasteiger partial charge in [-0.3, -0.25) is 0 Å². The summed E-state index contributed by atoms with van der Waals surface area (Å²) in [6, 6.07) is 31.8. The third-order valence-electron chi connectivity index (χ3n) is 8.48. The number of hydrogen-bond acceptors (Lipinski definition) is 9. The molecular weight excluding hydrogens is 724 g/mol. The van der Waals surface area contributed by atoms with Crippen molar-refractivity contribution in [2.75, 3.05) is 33.4 Å². The van der Waals surface area contributed by atoms with Crippen molar-refractivity contribution in [2.24, 2.45) is 0 Å². The first kappa shape index (κ1) is 35.1. The van der Waals surface area contributed by atoms with Crippen LogP contribution in [-0.2, 0) is 27.1 Å². The van der Waals surface area contributed by atoms with Gasteiger partial charge in [0.05, 0.1) is 29.6 Å². The summed E-state index contributed by atoms with van der Waals surface area (Å²) >= 11 is 0. The van der Waals surface area contributed by atoms with E-state index in [9.17, 15) is 8.42 Å². The molecule has 4 aromatic carbocycles. The second-order valence-electron chi connectivity index (χ2n) is 12.5. The van der Waals surface area contributed by atoms with Crippen LogP contribution in [-0.4, -0.2) is 76.7 Å². The Morgan fingerprint density at radius 3 is 1.13 bits per heavy atom. The molecule has 14 heteroatoms. The fourth-order valence-corrected chi connectivity index (χ4v) is 6.63. The van der Waals surface area contributed by atoms with E-state index in [1.54, 1.807) is 0 Å². The molecule has 12 nitrogen and oxygen atoms in total. The average molecular weight is 756 g/mol. The van der Waals surface area contributed by atoms with Crippen LogP contribution in [0, 0.1) is 0 Å². The molecule has 0 amide bonds. The van der Waals surface area contributed by atoms with Crippen molar-refractivity contribution >= 4 is 54.2 Å². The molecule has 2 aliphatic rings. The van der Waals surface area contributed by atoms with Gasteiger partial charge in [0, 0.05) is 51.4 Å². The van der Waals surface area contributed by atoms with Crippen LogP contribution < -0.4 is 14.7 Å². The third kappa shape index (κ3) is 6.94. The molecule has 0 spiro atoms. The normalized spacial score (nSPS) is 11.8. The van der Waals surface area contributed by atoms with E-state index in [-0.39, 0.29) is 17.1 Å². The Morgan fingerprint density at radius 2 is 0.846 bits per heavy atom. The average Bonchev–Trinajstić information content (AvgIpc) is 3.86. The third-order valence-corrected chi connectivity index (χ3v) is 9.20. The number of nitrogens with one attached hydrogen (secondary N) is 1. The van der Waals surface area contributed by atoms with Crippen LogP contribution in [0.4, 0.5) is 0 Å². The van der Waals surface area contributed by atoms with Crippen LogP contribution in [0.2, 0.25) is 0 Å². The maximum Gasteiger partial charge on any atom is 2.00 e. The molecule has 0 saturated carbocycles. The zero-order valence-electron chi connectivity index (χ0n) is 28.4.